The Morgan fingerprint density at radius 3 is 1.13 bits per heavy atom. The molecular weight excluding hydrogens is 779 g/mol. The molecule has 0 aliphatic carbocycles. The van der Waals surface area contributed by atoms with Crippen LogP contribution in [0.1, 0.15) is 303 Å². The molecule has 0 aromatic rings. The highest BCUT2D eigenvalue weighted by atomic mass is 16.5. The third kappa shape index (κ3) is 49.6. The van der Waals surface area contributed by atoms with Gasteiger partial charge in [0, 0.05) is 12.8 Å². The third-order valence-corrected chi connectivity index (χ3v) is 13.0. The van der Waals surface area contributed by atoms with Gasteiger partial charge in [-0.1, -0.05) is 256 Å². The number of amides is 1. The summed E-state index contributed by atoms with van der Waals surface area (Å²) in [7, 11) is 0. The van der Waals surface area contributed by atoms with Crippen LogP contribution in [0.4, 0.5) is 0 Å². The predicted molar refractivity (Wildman–Crippen MR) is 273 cm³/mol. The molecule has 0 rings (SSSR count). The first-order valence-corrected chi connectivity index (χ1v) is 28.1. The molecule has 63 heavy (non-hydrogen) atoms. The van der Waals surface area contributed by atoms with Crippen molar-refractivity contribution >= 4 is 11.9 Å². The van der Waals surface area contributed by atoms with E-state index in [9.17, 15) is 19.8 Å². The number of rotatable bonds is 52. The van der Waals surface area contributed by atoms with E-state index in [1.807, 2.05) is 6.08 Å². The molecule has 2 atom stereocenters. The van der Waals surface area contributed by atoms with Gasteiger partial charge in [-0.05, 0) is 57.8 Å². The predicted octanol–water partition coefficient (Wildman–Crippen LogP) is 17.1. The fraction of sp³-hybridized carbons (Fsp3) is 0.895. The molecular formula is C57H109NO5. The van der Waals surface area contributed by atoms with Crippen molar-refractivity contribution in [3.05, 3.63) is 24.3 Å². The summed E-state index contributed by atoms with van der Waals surface area (Å²) in [6.07, 6.45) is 63.3. The molecule has 0 spiro atoms. The smallest absolute Gasteiger partial charge is 0.305 e. The van der Waals surface area contributed by atoms with Crippen molar-refractivity contribution in [1.29, 1.82) is 0 Å². The quantitative estimate of drug-likeness (QED) is 0.0321. The zero-order chi connectivity index (χ0) is 45.8. The molecule has 0 aliphatic heterocycles. The lowest BCUT2D eigenvalue weighted by Crippen LogP contribution is -2.45. The second-order valence-electron chi connectivity index (χ2n) is 19.3. The minimum Gasteiger partial charge on any atom is -0.466 e. The molecule has 6 heteroatoms. The van der Waals surface area contributed by atoms with E-state index in [2.05, 4.69) is 31.3 Å². The zero-order valence-corrected chi connectivity index (χ0v) is 42.3. The topological polar surface area (TPSA) is 95.9 Å². The van der Waals surface area contributed by atoms with E-state index >= 15 is 0 Å². The van der Waals surface area contributed by atoms with E-state index < -0.39 is 12.1 Å². The molecule has 0 aromatic carbocycles. The molecule has 0 aromatic heterocycles. The van der Waals surface area contributed by atoms with Crippen molar-refractivity contribution in [3.63, 3.8) is 0 Å². The van der Waals surface area contributed by atoms with Crippen molar-refractivity contribution in [1.82, 2.24) is 5.32 Å². The van der Waals surface area contributed by atoms with Gasteiger partial charge in [0.2, 0.25) is 5.91 Å². The van der Waals surface area contributed by atoms with Crippen molar-refractivity contribution in [3.8, 4) is 0 Å². The fourth-order valence-corrected chi connectivity index (χ4v) is 8.63. The molecule has 0 saturated heterocycles. The zero-order valence-electron chi connectivity index (χ0n) is 42.3. The number of carbonyl (C=O) groups excluding carboxylic acids is 2. The Kier molecular flexibility index (Phi) is 51.6. The van der Waals surface area contributed by atoms with E-state index in [0.717, 1.165) is 57.8 Å². The van der Waals surface area contributed by atoms with Gasteiger partial charge in [-0.15, -0.1) is 0 Å². The van der Waals surface area contributed by atoms with Crippen LogP contribution in [0.2, 0.25) is 0 Å². The molecule has 1 amide bonds. The van der Waals surface area contributed by atoms with Crippen molar-refractivity contribution < 1.29 is 24.5 Å². The van der Waals surface area contributed by atoms with Gasteiger partial charge in [-0.3, -0.25) is 9.59 Å². The summed E-state index contributed by atoms with van der Waals surface area (Å²) in [5, 5.41) is 23.1. The lowest BCUT2D eigenvalue weighted by atomic mass is 10.0. The molecule has 3 N–H and O–H groups in total. The molecule has 372 valence electrons. The van der Waals surface area contributed by atoms with Crippen LogP contribution in [0.5, 0.6) is 0 Å². The largest absolute Gasteiger partial charge is 0.466 e. The van der Waals surface area contributed by atoms with Crippen LogP contribution in [0.25, 0.3) is 0 Å². The molecule has 2 unspecified atom stereocenters. The first kappa shape index (κ1) is 61.3. The van der Waals surface area contributed by atoms with Gasteiger partial charge in [-0.2, -0.15) is 0 Å². The monoisotopic (exact) mass is 888 g/mol. The molecule has 0 saturated carbocycles. The van der Waals surface area contributed by atoms with Crippen LogP contribution in [0.15, 0.2) is 24.3 Å². The third-order valence-electron chi connectivity index (χ3n) is 13.0. The summed E-state index contributed by atoms with van der Waals surface area (Å²) in [6.45, 7) is 4.85. The number of hydrogen-bond acceptors (Lipinski definition) is 5. The van der Waals surface area contributed by atoms with E-state index in [4.69, 9.17) is 4.74 Å². The van der Waals surface area contributed by atoms with Crippen LogP contribution < -0.4 is 5.32 Å². The number of ether oxygens (including phenoxy) is 1. The maximum absolute atomic E-state index is 12.5. The number of aliphatic hydroxyl groups is 2. The first-order chi connectivity index (χ1) is 31.0. The van der Waals surface area contributed by atoms with Crippen LogP contribution in [-0.4, -0.2) is 47.4 Å². The number of carbonyl (C=O) groups is 2. The average molecular weight is 889 g/mol. The maximum Gasteiger partial charge on any atom is 0.305 e. The SMILES string of the molecule is CCCCCCC/C=C\CCCCCCCC(=O)OCCCCCCCCCCCCC(=O)NC(CO)C(O)/C=C/CCCCCCCCCCCCCCCCCCCCCC. The molecule has 0 heterocycles. The Balaban J connectivity index is 3.51. The highest BCUT2D eigenvalue weighted by Crippen LogP contribution is 2.17. The van der Waals surface area contributed by atoms with Gasteiger partial charge in [0.05, 0.1) is 25.4 Å². The number of unbranched alkanes of at least 4 members (excludes halogenated alkanes) is 39. The molecule has 0 aliphatic rings. The lowest BCUT2D eigenvalue weighted by Gasteiger charge is -2.20. The van der Waals surface area contributed by atoms with Crippen LogP contribution in [0.3, 0.4) is 0 Å². The summed E-state index contributed by atoms with van der Waals surface area (Å²) in [6, 6.07) is -0.646. The molecule has 0 radical (unpaired) electrons. The van der Waals surface area contributed by atoms with Crippen molar-refractivity contribution in [2.75, 3.05) is 13.2 Å². The van der Waals surface area contributed by atoms with E-state index in [0.29, 0.717) is 19.4 Å². The summed E-state index contributed by atoms with van der Waals surface area (Å²) < 4.78 is 5.45. The number of hydrogen-bond donors (Lipinski definition) is 3. The first-order valence-electron chi connectivity index (χ1n) is 28.1. The van der Waals surface area contributed by atoms with Gasteiger partial charge in [0.1, 0.15) is 0 Å². The second-order valence-corrected chi connectivity index (χ2v) is 19.3. The van der Waals surface area contributed by atoms with Crippen LogP contribution in [0, 0.1) is 0 Å². The van der Waals surface area contributed by atoms with Gasteiger partial charge >= 0.3 is 5.97 Å². The lowest BCUT2D eigenvalue weighted by molar-refractivity contribution is -0.143. The maximum atomic E-state index is 12.5. The summed E-state index contributed by atoms with van der Waals surface area (Å²) in [4.78, 5) is 24.5. The Bertz CT molecular complexity index is 982. The Hall–Kier alpha value is -1.66. The Morgan fingerprint density at radius 2 is 0.746 bits per heavy atom. The molecule has 0 fully saturated rings. The van der Waals surface area contributed by atoms with Gasteiger partial charge in [-0.25, -0.2) is 0 Å². The van der Waals surface area contributed by atoms with Crippen molar-refractivity contribution in [2.45, 2.75) is 315 Å². The summed E-state index contributed by atoms with van der Waals surface area (Å²) in [5.74, 6) is -0.118. The minimum absolute atomic E-state index is 0.0288. The normalized spacial score (nSPS) is 12.8. The Labute approximate surface area is 392 Å². The molecule has 6 nitrogen and oxygen atoms in total. The second kappa shape index (κ2) is 53.0. The highest BCUT2D eigenvalue weighted by Gasteiger charge is 2.18. The van der Waals surface area contributed by atoms with Gasteiger partial charge in [0.15, 0.2) is 0 Å². The number of esters is 1. The van der Waals surface area contributed by atoms with Gasteiger partial charge in [0.25, 0.3) is 0 Å². The highest BCUT2D eigenvalue weighted by molar-refractivity contribution is 5.76. The number of aliphatic hydroxyl groups excluding tert-OH is 2. The average Bonchev–Trinajstić information content (AvgIpc) is 3.28. The summed E-state index contributed by atoms with van der Waals surface area (Å²) >= 11 is 0. The number of allylic oxidation sites excluding steroid dienone is 3. The van der Waals surface area contributed by atoms with Crippen LogP contribution in [-0.2, 0) is 14.3 Å². The Morgan fingerprint density at radius 1 is 0.429 bits per heavy atom. The van der Waals surface area contributed by atoms with Gasteiger partial charge < -0.3 is 20.3 Å². The van der Waals surface area contributed by atoms with E-state index in [1.165, 1.54) is 218 Å². The number of nitrogens with one attached hydrogen (secondary N) is 1. The van der Waals surface area contributed by atoms with Crippen molar-refractivity contribution in [2.24, 2.45) is 0 Å². The fourth-order valence-electron chi connectivity index (χ4n) is 8.63. The summed E-state index contributed by atoms with van der Waals surface area (Å²) in [5.41, 5.74) is 0. The van der Waals surface area contributed by atoms with E-state index in [1.54, 1.807) is 6.08 Å². The molecule has 0 bridgehead atoms. The minimum atomic E-state index is -0.860. The van der Waals surface area contributed by atoms with E-state index in [-0.39, 0.29) is 18.5 Å². The standard InChI is InChI=1S/C57H109NO5/c1-3-5-7-9-11-13-15-17-19-20-21-22-23-24-25-26-27-29-33-37-41-45-49-55(60)54(53-59)58-56(61)50-46-42-38-34-31-32-36-40-44-48-52-63-57(62)51-47-43-39-35-30-28-18-16-14-12-10-8-6-4-2/h16,18,45,49,54-55,59-60H,3-15,17,19-44,46-48,50-53H2,1-2H3,(H,58,61)/b18-16-,49-45+. The van der Waals surface area contributed by atoms with Crippen LogP contribution >= 0.6 is 0 Å².